The van der Waals surface area contributed by atoms with Crippen LogP contribution < -0.4 is 10.1 Å². The van der Waals surface area contributed by atoms with Crippen LogP contribution in [0.5, 0.6) is 5.75 Å². The van der Waals surface area contributed by atoms with Gasteiger partial charge in [-0.15, -0.1) is 0 Å². The molecule has 0 amide bonds. The average molecular weight is 314 g/mol. The Morgan fingerprint density at radius 3 is 2.32 bits per heavy atom. The van der Waals surface area contributed by atoms with Crippen LogP contribution in [-0.4, -0.2) is 26.4 Å². The topological polar surface area (TPSA) is 30.5 Å². The zero-order valence-corrected chi connectivity index (χ0v) is 12.1. The van der Waals surface area contributed by atoms with E-state index >= 15 is 0 Å². The molecule has 1 aromatic carbocycles. The fraction of sp³-hybridized carbons (Fsp3) is 0.500. The predicted molar refractivity (Wildman–Crippen MR) is 72.7 cm³/mol. The number of anilines is 1. The van der Waals surface area contributed by atoms with E-state index in [2.05, 4.69) is 10.1 Å². The number of rotatable bonds is 7. The monoisotopic (exact) mass is 313 g/mol. The summed E-state index contributed by atoms with van der Waals surface area (Å²) in [6.07, 6.45) is 0.793. The highest BCUT2D eigenvalue weighted by atomic mass is 35.5. The van der Waals surface area contributed by atoms with E-state index in [0.717, 1.165) is 6.42 Å². The Balaban J connectivity index is 2.77. The van der Waals surface area contributed by atoms with Gasteiger partial charge in [0.25, 0.3) is 0 Å². The molecule has 0 heterocycles. The molecule has 1 unspecified atom stereocenters. The van der Waals surface area contributed by atoms with Gasteiger partial charge in [-0.25, -0.2) is 0 Å². The molecule has 0 aliphatic rings. The molecule has 0 aliphatic heterocycles. The second-order valence-electron chi connectivity index (χ2n) is 3.97. The number of nitrogens with one attached hydrogen (secondary N) is 1. The first-order valence-corrected chi connectivity index (χ1v) is 6.39. The molecule has 0 spiro atoms. The number of alkyl halides is 2. The maximum Gasteiger partial charge on any atom is 0.387 e. The van der Waals surface area contributed by atoms with Crippen LogP contribution in [0.2, 0.25) is 10.0 Å². The van der Waals surface area contributed by atoms with Crippen molar-refractivity contribution in [2.45, 2.75) is 26.0 Å². The van der Waals surface area contributed by atoms with Gasteiger partial charge in [-0.1, -0.05) is 23.2 Å². The second kappa shape index (κ2) is 7.72. The number of ether oxygens (including phenoxy) is 2. The van der Waals surface area contributed by atoms with Crippen LogP contribution in [-0.2, 0) is 4.74 Å². The Kier molecular flexibility index (Phi) is 6.62. The molecule has 1 aromatic rings. The molecule has 0 fully saturated rings. The molecule has 0 saturated carbocycles. The number of methoxy groups -OCH3 is 1. The first kappa shape index (κ1) is 16.3. The van der Waals surface area contributed by atoms with Crippen LogP contribution in [0.1, 0.15) is 13.3 Å². The Labute approximate surface area is 120 Å². The fourth-order valence-electron chi connectivity index (χ4n) is 1.50. The van der Waals surface area contributed by atoms with Gasteiger partial charge in [0.05, 0.1) is 10.0 Å². The summed E-state index contributed by atoms with van der Waals surface area (Å²) in [4.78, 5) is 0. The van der Waals surface area contributed by atoms with Crippen molar-refractivity contribution in [3.8, 4) is 5.75 Å². The van der Waals surface area contributed by atoms with Gasteiger partial charge in [0, 0.05) is 25.4 Å². The van der Waals surface area contributed by atoms with Crippen LogP contribution in [0.25, 0.3) is 0 Å². The standard InChI is InChI=1S/C12H15Cl2F2NO2/c1-7(3-4-18-2)17-8-5-9(13)11(10(14)6-8)19-12(15)16/h5-7,12,17H,3-4H2,1-2H3. The summed E-state index contributed by atoms with van der Waals surface area (Å²) in [5.41, 5.74) is 0.639. The first-order chi connectivity index (χ1) is 8.93. The van der Waals surface area contributed by atoms with Gasteiger partial charge in [-0.05, 0) is 25.5 Å². The van der Waals surface area contributed by atoms with Crippen molar-refractivity contribution < 1.29 is 18.3 Å². The third kappa shape index (κ3) is 5.38. The lowest BCUT2D eigenvalue weighted by Crippen LogP contribution is -2.17. The van der Waals surface area contributed by atoms with E-state index in [0.29, 0.717) is 12.3 Å². The van der Waals surface area contributed by atoms with Gasteiger partial charge >= 0.3 is 6.61 Å². The van der Waals surface area contributed by atoms with Crippen molar-refractivity contribution in [3.63, 3.8) is 0 Å². The summed E-state index contributed by atoms with van der Waals surface area (Å²) in [6, 6.07) is 3.12. The molecule has 1 N–H and O–H groups in total. The van der Waals surface area contributed by atoms with E-state index in [1.165, 1.54) is 12.1 Å². The fourth-order valence-corrected chi connectivity index (χ4v) is 2.07. The van der Waals surface area contributed by atoms with Crippen LogP contribution in [0.4, 0.5) is 14.5 Å². The number of benzene rings is 1. The Hall–Kier alpha value is -0.780. The zero-order valence-electron chi connectivity index (χ0n) is 10.6. The highest BCUT2D eigenvalue weighted by Gasteiger charge is 2.15. The van der Waals surface area contributed by atoms with Gasteiger partial charge in [-0.3, -0.25) is 0 Å². The first-order valence-electron chi connectivity index (χ1n) is 5.63. The predicted octanol–water partition coefficient (Wildman–Crippen LogP) is 4.43. The maximum atomic E-state index is 12.2. The minimum absolute atomic E-state index is 0.0363. The summed E-state index contributed by atoms with van der Waals surface area (Å²) in [6.45, 7) is -0.387. The summed E-state index contributed by atoms with van der Waals surface area (Å²) in [5.74, 6) is -0.214. The summed E-state index contributed by atoms with van der Waals surface area (Å²) in [7, 11) is 1.62. The molecule has 0 bridgehead atoms. The lowest BCUT2D eigenvalue weighted by molar-refractivity contribution is -0.0497. The third-order valence-electron chi connectivity index (χ3n) is 2.37. The van der Waals surface area contributed by atoms with E-state index in [1.807, 2.05) is 6.92 Å². The lowest BCUT2D eigenvalue weighted by Gasteiger charge is -2.17. The lowest BCUT2D eigenvalue weighted by atomic mass is 10.2. The van der Waals surface area contributed by atoms with Crippen molar-refractivity contribution >= 4 is 28.9 Å². The van der Waals surface area contributed by atoms with Gasteiger partial charge in [0.1, 0.15) is 0 Å². The third-order valence-corrected chi connectivity index (χ3v) is 2.93. The summed E-state index contributed by atoms with van der Waals surface area (Å²) >= 11 is 11.7. The maximum absolute atomic E-state index is 12.2. The molecule has 19 heavy (non-hydrogen) atoms. The summed E-state index contributed by atoms with van der Waals surface area (Å²) in [5, 5.41) is 3.22. The van der Waals surface area contributed by atoms with Crippen molar-refractivity contribution in [1.29, 1.82) is 0 Å². The number of halogens is 4. The molecular formula is C12H15Cl2F2NO2. The average Bonchev–Trinajstić information content (AvgIpc) is 2.31. The zero-order chi connectivity index (χ0) is 14.4. The van der Waals surface area contributed by atoms with E-state index < -0.39 is 6.61 Å². The molecule has 1 atom stereocenters. The van der Waals surface area contributed by atoms with E-state index in [1.54, 1.807) is 7.11 Å². The normalized spacial score (nSPS) is 12.6. The highest BCUT2D eigenvalue weighted by molar-refractivity contribution is 6.37. The Morgan fingerprint density at radius 1 is 1.26 bits per heavy atom. The van der Waals surface area contributed by atoms with Crippen LogP contribution in [0.15, 0.2) is 12.1 Å². The largest absolute Gasteiger partial charge is 0.432 e. The minimum atomic E-state index is -2.96. The van der Waals surface area contributed by atoms with Crippen LogP contribution >= 0.6 is 23.2 Å². The molecule has 3 nitrogen and oxygen atoms in total. The smallest absolute Gasteiger partial charge is 0.387 e. The second-order valence-corrected chi connectivity index (χ2v) is 4.79. The minimum Gasteiger partial charge on any atom is -0.432 e. The van der Waals surface area contributed by atoms with Gasteiger partial charge in [-0.2, -0.15) is 8.78 Å². The van der Waals surface area contributed by atoms with Gasteiger partial charge < -0.3 is 14.8 Å². The van der Waals surface area contributed by atoms with Crippen molar-refractivity contribution in [2.24, 2.45) is 0 Å². The molecule has 7 heteroatoms. The molecule has 0 radical (unpaired) electrons. The number of hydrogen-bond acceptors (Lipinski definition) is 3. The molecule has 0 saturated heterocycles. The number of hydrogen-bond donors (Lipinski definition) is 1. The quantitative estimate of drug-likeness (QED) is 0.807. The molecule has 0 aliphatic carbocycles. The molecule has 1 rings (SSSR count). The van der Waals surface area contributed by atoms with E-state index in [4.69, 9.17) is 27.9 Å². The van der Waals surface area contributed by atoms with Crippen molar-refractivity contribution in [1.82, 2.24) is 0 Å². The molecule has 108 valence electrons. The highest BCUT2D eigenvalue weighted by Crippen LogP contribution is 2.37. The van der Waals surface area contributed by atoms with E-state index in [9.17, 15) is 8.78 Å². The molecular weight excluding hydrogens is 299 g/mol. The van der Waals surface area contributed by atoms with Crippen molar-refractivity contribution in [3.05, 3.63) is 22.2 Å². The Morgan fingerprint density at radius 2 is 1.84 bits per heavy atom. The molecule has 0 aromatic heterocycles. The van der Waals surface area contributed by atoms with E-state index in [-0.39, 0.29) is 21.8 Å². The van der Waals surface area contributed by atoms with Gasteiger partial charge in [0.15, 0.2) is 5.75 Å². The van der Waals surface area contributed by atoms with Crippen LogP contribution in [0.3, 0.4) is 0 Å². The van der Waals surface area contributed by atoms with Gasteiger partial charge in [0.2, 0.25) is 0 Å². The van der Waals surface area contributed by atoms with Crippen LogP contribution in [0, 0.1) is 0 Å². The Bertz CT molecular complexity index is 396. The van der Waals surface area contributed by atoms with Crippen molar-refractivity contribution in [2.75, 3.05) is 19.0 Å². The summed E-state index contributed by atoms with van der Waals surface area (Å²) < 4.78 is 33.5. The SMILES string of the molecule is COCCC(C)Nc1cc(Cl)c(OC(F)F)c(Cl)c1.